The highest BCUT2D eigenvalue weighted by molar-refractivity contribution is 5.59. The molecule has 0 aliphatic heterocycles. The molecular formula is C12H11F3N2. The Hall–Kier alpha value is -1.78. The van der Waals surface area contributed by atoms with E-state index < -0.39 is 11.7 Å². The van der Waals surface area contributed by atoms with Crippen molar-refractivity contribution in [1.82, 2.24) is 9.55 Å². The van der Waals surface area contributed by atoms with Gasteiger partial charge in [-0.15, -0.1) is 0 Å². The zero-order valence-corrected chi connectivity index (χ0v) is 9.20. The lowest BCUT2D eigenvalue weighted by atomic mass is 10.1. The van der Waals surface area contributed by atoms with Crippen molar-refractivity contribution in [2.45, 2.75) is 19.6 Å². The summed E-state index contributed by atoms with van der Waals surface area (Å²) in [6, 6.07) is 5.18. The molecule has 0 saturated heterocycles. The summed E-state index contributed by atoms with van der Waals surface area (Å²) < 4.78 is 39.4. The van der Waals surface area contributed by atoms with E-state index in [-0.39, 0.29) is 0 Å². The van der Waals surface area contributed by atoms with Crippen LogP contribution < -0.4 is 0 Å². The molecule has 0 spiro atoms. The summed E-state index contributed by atoms with van der Waals surface area (Å²) in [6.45, 7) is 2.68. The van der Waals surface area contributed by atoms with Gasteiger partial charge in [0.1, 0.15) is 0 Å². The Bertz CT molecular complexity index is 514. The molecule has 2 rings (SSSR count). The number of hydrogen-bond acceptors (Lipinski definition) is 1. The van der Waals surface area contributed by atoms with Crippen LogP contribution in [0.5, 0.6) is 0 Å². The lowest BCUT2D eigenvalue weighted by Gasteiger charge is -2.07. The topological polar surface area (TPSA) is 17.8 Å². The Morgan fingerprint density at radius 2 is 2.06 bits per heavy atom. The molecule has 17 heavy (non-hydrogen) atoms. The number of aryl methyl sites for hydroxylation is 1. The number of rotatable bonds is 2. The van der Waals surface area contributed by atoms with Gasteiger partial charge in [-0.1, -0.05) is 12.1 Å². The van der Waals surface area contributed by atoms with Crippen molar-refractivity contribution < 1.29 is 13.2 Å². The minimum atomic E-state index is -4.32. The Balaban J connectivity index is 2.39. The van der Waals surface area contributed by atoms with E-state index in [1.54, 1.807) is 18.6 Å². The summed E-state index contributed by atoms with van der Waals surface area (Å²) in [5, 5.41) is 0. The summed E-state index contributed by atoms with van der Waals surface area (Å²) in [6.07, 6.45) is -0.978. The quantitative estimate of drug-likeness (QED) is 0.784. The van der Waals surface area contributed by atoms with E-state index >= 15 is 0 Å². The largest absolute Gasteiger partial charge is 0.416 e. The number of alkyl halides is 3. The van der Waals surface area contributed by atoms with E-state index in [4.69, 9.17) is 0 Å². The molecule has 0 amide bonds. The van der Waals surface area contributed by atoms with Crippen LogP contribution in [0, 0.1) is 0 Å². The lowest BCUT2D eigenvalue weighted by Crippen LogP contribution is -2.04. The first-order chi connectivity index (χ1) is 8.00. The monoisotopic (exact) mass is 240 g/mol. The van der Waals surface area contributed by atoms with Crippen LogP contribution in [0.15, 0.2) is 36.8 Å². The van der Waals surface area contributed by atoms with Gasteiger partial charge in [0.2, 0.25) is 0 Å². The predicted molar refractivity (Wildman–Crippen MR) is 58.3 cm³/mol. The Kier molecular flexibility index (Phi) is 2.92. The maximum absolute atomic E-state index is 12.5. The molecule has 0 aliphatic carbocycles. The summed E-state index contributed by atoms with van der Waals surface area (Å²) in [7, 11) is 0. The SMILES string of the molecule is CCn1cnc(-c2cccc(C(F)(F)F)c2)c1. The second kappa shape index (κ2) is 4.24. The summed E-state index contributed by atoms with van der Waals surface area (Å²) in [4.78, 5) is 4.08. The van der Waals surface area contributed by atoms with Crippen molar-refractivity contribution in [3.05, 3.63) is 42.4 Å². The molecule has 2 aromatic rings. The molecule has 0 saturated carbocycles. The zero-order valence-electron chi connectivity index (χ0n) is 9.20. The lowest BCUT2D eigenvalue weighted by molar-refractivity contribution is -0.137. The molecule has 0 atom stereocenters. The third-order valence-corrected chi connectivity index (χ3v) is 2.48. The average Bonchev–Trinajstić information content (AvgIpc) is 2.76. The summed E-state index contributed by atoms with van der Waals surface area (Å²) >= 11 is 0. The third kappa shape index (κ3) is 2.49. The molecular weight excluding hydrogens is 229 g/mol. The Morgan fingerprint density at radius 1 is 1.29 bits per heavy atom. The van der Waals surface area contributed by atoms with E-state index in [1.165, 1.54) is 6.07 Å². The molecule has 1 aromatic heterocycles. The van der Waals surface area contributed by atoms with Gasteiger partial charge in [-0.3, -0.25) is 0 Å². The minimum absolute atomic E-state index is 0.479. The van der Waals surface area contributed by atoms with Gasteiger partial charge in [0.15, 0.2) is 0 Å². The summed E-state index contributed by atoms with van der Waals surface area (Å²) in [5.74, 6) is 0. The second-order valence-corrected chi connectivity index (χ2v) is 3.67. The minimum Gasteiger partial charge on any atom is -0.337 e. The number of benzene rings is 1. The molecule has 90 valence electrons. The number of imidazole rings is 1. The van der Waals surface area contributed by atoms with Crippen LogP contribution in [0.3, 0.4) is 0 Å². The van der Waals surface area contributed by atoms with Crippen LogP contribution >= 0.6 is 0 Å². The smallest absolute Gasteiger partial charge is 0.337 e. The Morgan fingerprint density at radius 3 is 2.65 bits per heavy atom. The van der Waals surface area contributed by atoms with Crippen molar-refractivity contribution in [2.75, 3.05) is 0 Å². The van der Waals surface area contributed by atoms with Crippen LogP contribution in [0.2, 0.25) is 0 Å². The number of hydrogen-bond donors (Lipinski definition) is 0. The van der Waals surface area contributed by atoms with Crippen molar-refractivity contribution in [3.8, 4) is 11.3 Å². The normalized spacial score (nSPS) is 11.8. The number of aromatic nitrogens is 2. The van der Waals surface area contributed by atoms with E-state index in [0.717, 1.165) is 18.7 Å². The van der Waals surface area contributed by atoms with E-state index in [1.807, 2.05) is 11.5 Å². The van der Waals surface area contributed by atoms with Gasteiger partial charge < -0.3 is 4.57 Å². The Labute approximate surface area is 96.7 Å². The molecule has 1 aromatic carbocycles. The molecule has 0 bridgehead atoms. The highest BCUT2D eigenvalue weighted by Gasteiger charge is 2.30. The van der Waals surface area contributed by atoms with Gasteiger partial charge in [0, 0.05) is 18.3 Å². The molecule has 5 heteroatoms. The number of nitrogens with zero attached hydrogens (tertiary/aromatic N) is 2. The van der Waals surface area contributed by atoms with Gasteiger partial charge >= 0.3 is 6.18 Å². The molecule has 0 N–H and O–H groups in total. The van der Waals surface area contributed by atoms with Crippen LogP contribution in [-0.2, 0) is 12.7 Å². The van der Waals surface area contributed by atoms with Crippen molar-refractivity contribution in [3.63, 3.8) is 0 Å². The first-order valence-electron chi connectivity index (χ1n) is 5.20. The van der Waals surface area contributed by atoms with E-state index in [2.05, 4.69) is 4.98 Å². The fourth-order valence-corrected chi connectivity index (χ4v) is 1.54. The van der Waals surface area contributed by atoms with Gasteiger partial charge in [0.25, 0.3) is 0 Å². The first kappa shape index (κ1) is 11.7. The van der Waals surface area contributed by atoms with Gasteiger partial charge in [-0.25, -0.2) is 4.98 Å². The predicted octanol–water partition coefficient (Wildman–Crippen LogP) is 3.59. The van der Waals surface area contributed by atoms with E-state index in [0.29, 0.717) is 11.3 Å². The van der Waals surface area contributed by atoms with Crippen LogP contribution in [0.1, 0.15) is 12.5 Å². The maximum atomic E-state index is 12.5. The first-order valence-corrected chi connectivity index (χ1v) is 5.20. The maximum Gasteiger partial charge on any atom is 0.416 e. The molecule has 1 heterocycles. The molecule has 0 fully saturated rings. The second-order valence-electron chi connectivity index (χ2n) is 3.67. The molecule has 0 aliphatic rings. The van der Waals surface area contributed by atoms with Crippen LogP contribution in [-0.4, -0.2) is 9.55 Å². The van der Waals surface area contributed by atoms with Crippen molar-refractivity contribution in [1.29, 1.82) is 0 Å². The average molecular weight is 240 g/mol. The highest BCUT2D eigenvalue weighted by Crippen LogP contribution is 2.31. The van der Waals surface area contributed by atoms with Gasteiger partial charge in [-0.2, -0.15) is 13.2 Å². The van der Waals surface area contributed by atoms with E-state index in [9.17, 15) is 13.2 Å². The molecule has 0 radical (unpaired) electrons. The molecule has 0 unspecified atom stereocenters. The van der Waals surface area contributed by atoms with Gasteiger partial charge in [0.05, 0.1) is 17.6 Å². The van der Waals surface area contributed by atoms with Crippen molar-refractivity contribution in [2.24, 2.45) is 0 Å². The van der Waals surface area contributed by atoms with Crippen LogP contribution in [0.4, 0.5) is 13.2 Å². The van der Waals surface area contributed by atoms with Crippen molar-refractivity contribution >= 4 is 0 Å². The highest BCUT2D eigenvalue weighted by atomic mass is 19.4. The fraction of sp³-hybridized carbons (Fsp3) is 0.250. The summed E-state index contributed by atoms with van der Waals surface area (Å²) in [5.41, 5.74) is 0.381. The standard InChI is InChI=1S/C12H11F3N2/c1-2-17-7-11(16-8-17)9-4-3-5-10(6-9)12(13,14)15/h3-8H,2H2,1H3. The third-order valence-electron chi connectivity index (χ3n) is 2.48. The fourth-order valence-electron chi connectivity index (χ4n) is 1.54. The molecule has 2 nitrogen and oxygen atoms in total. The zero-order chi connectivity index (χ0) is 12.5. The van der Waals surface area contributed by atoms with Crippen LogP contribution in [0.25, 0.3) is 11.3 Å². The van der Waals surface area contributed by atoms with Gasteiger partial charge in [-0.05, 0) is 19.1 Å². The number of halogens is 3.